The smallest absolute Gasteiger partial charge is 0.245 e. The Hall–Kier alpha value is -1.92. The molecule has 0 fully saturated rings. The molecule has 2 rings (SSSR count). The highest BCUT2D eigenvalue weighted by Crippen LogP contribution is 2.19. The summed E-state index contributed by atoms with van der Waals surface area (Å²) in [5.74, 6) is -0.578. The molecule has 0 saturated heterocycles. The van der Waals surface area contributed by atoms with Crippen LogP contribution in [0.1, 0.15) is 18.4 Å². The highest BCUT2D eigenvalue weighted by atomic mass is 35.5. The van der Waals surface area contributed by atoms with Crippen LogP contribution in [0.2, 0.25) is 10.0 Å². The molecular formula is C12H10Cl2N4O2. The summed E-state index contributed by atoms with van der Waals surface area (Å²) >= 11 is 11.7. The zero-order valence-electron chi connectivity index (χ0n) is 10.2. The summed E-state index contributed by atoms with van der Waals surface area (Å²) < 4.78 is 0. The van der Waals surface area contributed by atoms with E-state index in [4.69, 9.17) is 23.2 Å². The quantitative estimate of drug-likeness (QED) is 0.655. The molecular weight excluding hydrogens is 303 g/mol. The zero-order valence-corrected chi connectivity index (χ0v) is 11.7. The minimum absolute atomic E-state index is 0.0183. The summed E-state index contributed by atoms with van der Waals surface area (Å²) in [6.07, 6.45) is 1.57. The van der Waals surface area contributed by atoms with Crippen molar-refractivity contribution in [3.63, 3.8) is 0 Å². The molecule has 1 aromatic rings. The summed E-state index contributed by atoms with van der Waals surface area (Å²) in [6, 6.07) is 4.93. The molecule has 1 heterocycles. The van der Waals surface area contributed by atoms with Crippen molar-refractivity contribution < 1.29 is 9.59 Å². The Morgan fingerprint density at radius 3 is 2.95 bits per heavy atom. The topological polar surface area (TPSA) is 82.9 Å². The van der Waals surface area contributed by atoms with E-state index in [2.05, 4.69) is 21.1 Å². The minimum atomic E-state index is -0.360. The molecule has 0 saturated carbocycles. The lowest BCUT2D eigenvalue weighted by molar-refractivity contribution is -0.119. The Bertz CT molecular complexity index is 613. The van der Waals surface area contributed by atoms with E-state index in [0.717, 1.165) is 0 Å². The number of nitrogens with zero attached hydrogens (tertiary/aromatic N) is 2. The third kappa shape index (κ3) is 4.04. The summed E-state index contributed by atoms with van der Waals surface area (Å²) in [5.41, 5.74) is 5.71. The molecule has 0 radical (unpaired) electrons. The van der Waals surface area contributed by atoms with Crippen LogP contribution in [0.15, 0.2) is 28.4 Å². The zero-order chi connectivity index (χ0) is 14.5. The van der Waals surface area contributed by atoms with Gasteiger partial charge >= 0.3 is 0 Å². The first-order valence-electron chi connectivity index (χ1n) is 5.66. The van der Waals surface area contributed by atoms with Crippen molar-refractivity contribution in [2.75, 3.05) is 0 Å². The van der Waals surface area contributed by atoms with Gasteiger partial charge < -0.3 is 0 Å². The van der Waals surface area contributed by atoms with E-state index in [1.807, 2.05) is 0 Å². The molecule has 2 amide bonds. The number of carbonyl (C=O) groups is 2. The molecule has 0 atom stereocenters. The van der Waals surface area contributed by atoms with Gasteiger partial charge in [0.1, 0.15) is 0 Å². The Labute approximate surface area is 124 Å². The maximum atomic E-state index is 11.5. The Kier molecular flexibility index (Phi) is 4.70. The fourth-order valence-electron chi connectivity index (χ4n) is 1.51. The lowest BCUT2D eigenvalue weighted by Crippen LogP contribution is -2.20. The molecule has 0 aliphatic carbocycles. The third-order valence-corrected chi connectivity index (χ3v) is 2.99. The van der Waals surface area contributed by atoms with E-state index in [1.54, 1.807) is 18.2 Å². The number of hydrogen-bond acceptors (Lipinski definition) is 4. The molecule has 1 aliphatic rings. The van der Waals surface area contributed by atoms with Crippen LogP contribution < -0.4 is 10.9 Å². The number of rotatable bonds is 4. The highest BCUT2D eigenvalue weighted by Gasteiger charge is 2.16. The van der Waals surface area contributed by atoms with Crippen LogP contribution >= 0.6 is 23.2 Å². The van der Waals surface area contributed by atoms with Gasteiger partial charge in [-0.1, -0.05) is 29.3 Å². The molecule has 0 bridgehead atoms. The number of hydrazone groups is 2. The van der Waals surface area contributed by atoms with Crippen LogP contribution in [0.25, 0.3) is 0 Å². The highest BCUT2D eigenvalue weighted by molar-refractivity contribution is 6.36. The lowest BCUT2D eigenvalue weighted by Gasteiger charge is -2.00. The average molecular weight is 313 g/mol. The molecule has 8 heteroatoms. The SMILES string of the molecule is O=C1CC(CC(=O)N/N=C/c2ccc(Cl)cc2Cl)=NN1. The number of nitrogens with one attached hydrogen (secondary N) is 2. The number of halogens is 2. The van der Waals surface area contributed by atoms with Crippen molar-refractivity contribution in [2.45, 2.75) is 12.8 Å². The van der Waals surface area contributed by atoms with E-state index in [0.29, 0.717) is 21.3 Å². The average Bonchev–Trinajstić information content (AvgIpc) is 2.77. The Morgan fingerprint density at radius 1 is 1.50 bits per heavy atom. The minimum Gasteiger partial charge on any atom is -0.273 e. The third-order valence-electron chi connectivity index (χ3n) is 2.42. The summed E-state index contributed by atoms with van der Waals surface area (Å²) in [6.45, 7) is 0. The van der Waals surface area contributed by atoms with Gasteiger partial charge in [-0.25, -0.2) is 10.9 Å². The van der Waals surface area contributed by atoms with Crippen molar-refractivity contribution in [1.29, 1.82) is 0 Å². The van der Waals surface area contributed by atoms with E-state index >= 15 is 0 Å². The fourth-order valence-corrected chi connectivity index (χ4v) is 1.97. The van der Waals surface area contributed by atoms with E-state index in [9.17, 15) is 9.59 Å². The van der Waals surface area contributed by atoms with Crippen molar-refractivity contribution in [1.82, 2.24) is 10.9 Å². The maximum absolute atomic E-state index is 11.5. The van der Waals surface area contributed by atoms with E-state index < -0.39 is 0 Å². The van der Waals surface area contributed by atoms with Crippen LogP contribution in [-0.2, 0) is 9.59 Å². The van der Waals surface area contributed by atoms with Gasteiger partial charge in [0.25, 0.3) is 0 Å². The fraction of sp³-hybridized carbons (Fsp3) is 0.167. The molecule has 0 aromatic heterocycles. The molecule has 6 nitrogen and oxygen atoms in total. The van der Waals surface area contributed by atoms with Crippen LogP contribution in [-0.4, -0.2) is 23.7 Å². The second kappa shape index (κ2) is 6.49. The van der Waals surface area contributed by atoms with Gasteiger partial charge in [0, 0.05) is 10.6 Å². The predicted molar refractivity (Wildman–Crippen MR) is 77.0 cm³/mol. The first kappa shape index (κ1) is 14.5. The van der Waals surface area contributed by atoms with Crippen molar-refractivity contribution >= 4 is 46.9 Å². The standard InChI is InChI=1S/C12H10Cl2N4O2/c13-8-2-1-7(10(14)3-8)6-15-17-11(19)4-9-5-12(20)18-16-9/h1-3,6H,4-5H2,(H,17,19)(H,18,20)/b15-6+. The second-order valence-corrected chi connectivity index (χ2v) is 4.87. The number of hydrogen-bond donors (Lipinski definition) is 2. The monoisotopic (exact) mass is 312 g/mol. The number of carbonyl (C=O) groups excluding carboxylic acids is 2. The van der Waals surface area contributed by atoms with Gasteiger partial charge in [0.15, 0.2) is 0 Å². The van der Waals surface area contributed by atoms with Gasteiger partial charge in [0.05, 0.1) is 29.8 Å². The lowest BCUT2D eigenvalue weighted by atomic mass is 10.2. The van der Waals surface area contributed by atoms with Gasteiger partial charge in [0.2, 0.25) is 11.8 Å². The van der Waals surface area contributed by atoms with Gasteiger partial charge in [-0.3, -0.25) is 9.59 Å². The molecule has 1 aliphatic heterocycles. The molecule has 0 unspecified atom stereocenters. The second-order valence-electron chi connectivity index (χ2n) is 4.03. The Morgan fingerprint density at radius 2 is 2.30 bits per heavy atom. The van der Waals surface area contributed by atoms with Crippen LogP contribution in [0.4, 0.5) is 0 Å². The maximum Gasteiger partial charge on any atom is 0.245 e. The van der Waals surface area contributed by atoms with Crippen molar-refractivity contribution in [2.24, 2.45) is 10.2 Å². The molecule has 2 N–H and O–H groups in total. The van der Waals surface area contributed by atoms with Crippen LogP contribution in [0, 0.1) is 0 Å². The first-order valence-corrected chi connectivity index (χ1v) is 6.41. The van der Waals surface area contributed by atoms with Gasteiger partial charge in [-0.2, -0.15) is 10.2 Å². The number of amides is 2. The van der Waals surface area contributed by atoms with Gasteiger partial charge in [-0.15, -0.1) is 0 Å². The number of benzene rings is 1. The Balaban J connectivity index is 1.86. The summed E-state index contributed by atoms with van der Waals surface area (Å²) in [7, 11) is 0. The summed E-state index contributed by atoms with van der Waals surface area (Å²) in [5, 5.41) is 8.45. The van der Waals surface area contributed by atoms with E-state index in [1.165, 1.54) is 6.21 Å². The van der Waals surface area contributed by atoms with Crippen molar-refractivity contribution in [3.8, 4) is 0 Å². The van der Waals surface area contributed by atoms with Crippen LogP contribution in [0.3, 0.4) is 0 Å². The first-order chi connectivity index (χ1) is 9.54. The summed E-state index contributed by atoms with van der Waals surface area (Å²) in [4.78, 5) is 22.4. The molecule has 1 aromatic carbocycles. The van der Waals surface area contributed by atoms with Gasteiger partial charge in [-0.05, 0) is 12.1 Å². The van der Waals surface area contributed by atoms with E-state index in [-0.39, 0.29) is 24.7 Å². The largest absolute Gasteiger partial charge is 0.273 e. The molecule has 20 heavy (non-hydrogen) atoms. The normalized spacial score (nSPS) is 14.3. The molecule has 0 spiro atoms. The predicted octanol–water partition coefficient (Wildman–Crippen LogP) is 1.71. The van der Waals surface area contributed by atoms with Crippen molar-refractivity contribution in [3.05, 3.63) is 33.8 Å². The molecule has 104 valence electrons. The van der Waals surface area contributed by atoms with Crippen LogP contribution in [0.5, 0.6) is 0 Å².